The van der Waals surface area contributed by atoms with Gasteiger partial charge in [-0.3, -0.25) is 4.79 Å². The second kappa shape index (κ2) is 8.57. The van der Waals surface area contributed by atoms with Crippen LogP contribution in [0.1, 0.15) is 50.8 Å². The highest BCUT2D eigenvalue weighted by Gasteiger charge is 2.38. The summed E-state index contributed by atoms with van der Waals surface area (Å²) in [7, 11) is 0. The van der Waals surface area contributed by atoms with Gasteiger partial charge < -0.3 is 14.7 Å². The number of hydrogen-bond donors (Lipinski definition) is 1. The number of anilines is 1. The Morgan fingerprint density at radius 3 is 2.42 bits per heavy atom. The molecule has 1 N–H and O–H groups in total. The van der Waals surface area contributed by atoms with Crippen molar-refractivity contribution < 1.29 is 32.6 Å². The molecule has 0 fully saturated rings. The van der Waals surface area contributed by atoms with Gasteiger partial charge in [0, 0.05) is 35.2 Å². The molecule has 176 valence electrons. The molecule has 0 aliphatic carbocycles. The molecule has 0 bridgehead atoms. The number of carbonyl (C=O) groups excluding carboxylic acids is 1. The lowest BCUT2D eigenvalue weighted by Gasteiger charge is -2.41. The number of carboxylic acids is 1. The maximum atomic E-state index is 13.1. The Morgan fingerprint density at radius 2 is 1.85 bits per heavy atom. The zero-order valence-electron chi connectivity index (χ0n) is 19.1. The van der Waals surface area contributed by atoms with Gasteiger partial charge in [0.2, 0.25) is 5.91 Å². The van der Waals surface area contributed by atoms with Crippen LogP contribution in [-0.4, -0.2) is 29.4 Å². The van der Waals surface area contributed by atoms with E-state index in [-0.39, 0.29) is 17.5 Å². The number of aryl methyl sites for hydroxylation is 1. The third-order valence-corrected chi connectivity index (χ3v) is 5.65. The molecule has 2 aromatic rings. The first kappa shape index (κ1) is 24.4. The molecule has 0 saturated carbocycles. The van der Waals surface area contributed by atoms with Crippen LogP contribution in [-0.2, 0) is 15.0 Å². The summed E-state index contributed by atoms with van der Waals surface area (Å²) in [4.78, 5) is 25.5. The Labute approximate surface area is 190 Å². The highest BCUT2D eigenvalue weighted by atomic mass is 19.4. The molecule has 0 atom stereocenters. The van der Waals surface area contributed by atoms with Crippen LogP contribution in [0.5, 0.6) is 5.75 Å². The van der Waals surface area contributed by atoms with Gasteiger partial charge >= 0.3 is 12.3 Å². The Morgan fingerprint density at radius 1 is 1.18 bits per heavy atom. The van der Waals surface area contributed by atoms with E-state index in [1.54, 1.807) is 17.9 Å². The Bertz CT molecular complexity index is 1130. The number of aliphatic carboxylic acids is 1. The molecule has 2 aromatic carbocycles. The summed E-state index contributed by atoms with van der Waals surface area (Å²) in [6, 6.07) is 7.46. The summed E-state index contributed by atoms with van der Waals surface area (Å²) < 4.78 is 43.6. The number of nitrogens with zero attached hydrogens (tertiary/aromatic N) is 1. The molecule has 3 rings (SSSR count). The minimum absolute atomic E-state index is 0.0535. The molecule has 0 unspecified atom stereocenters. The number of carbonyl (C=O) groups is 2. The Hall–Kier alpha value is -3.29. The quantitative estimate of drug-likeness (QED) is 0.548. The van der Waals surface area contributed by atoms with Crippen molar-refractivity contribution in [3.8, 4) is 16.9 Å². The fourth-order valence-corrected chi connectivity index (χ4v) is 4.23. The van der Waals surface area contributed by atoms with Crippen molar-refractivity contribution >= 4 is 23.6 Å². The molecule has 5 nitrogen and oxygen atoms in total. The predicted octanol–water partition coefficient (Wildman–Crippen LogP) is 6.08. The van der Waals surface area contributed by atoms with Gasteiger partial charge in [-0.05, 0) is 67.3 Å². The van der Waals surface area contributed by atoms with Crippen molar-refractivity contribution in [1.82, 2.24) is 0 Å². The minimum Gasteiger partial charge on any atom is -0.478 e. The molecular weight excluding hydrogens is 435 g/mol. The first-order valence-corrected chi connectivity index (χ1v) is 10.5. The number of halogens is 3. The monoisotopic (exact) mass is 461 g/mol. The number of fused-ring (bicyclic) bond motifs is 1. The zero-order chi connectivity index (χ0) is 24.7. The highest BCUT2D eigenvalue weighted by Crippen LogP contribution is 2.46. The third-order valence-electron chi connectivity index (χ3n) is 5.65. The van der Waals surface area contributed by atoms with Crippen LogP contribution >= 0.6 is 0 Å². The number of alkyl halides is 3. The number of benzene rings is 2. The SMILES string of the molecule is Cc1cc2c(cc1-c1cc(C=CC(=O)O)ccc1OC(F)(F)F)N(C(C)C)C(=O)CC2(C)C. The van der Waals surface area contributed by atoms with E-state index in [2.05, 4.69) is 4.74 Å². The van der Waals surface area contributed by atoms with E-state index in [0.717, 1.165) is 11.6 Å². The third kappa shape index (κ3) is 5.21. The van der Waals surface area contributed by atoms with Gasteiger partial charge in [0.05, 0.1) is 0 Å². The fraction of sp³-hybridized carbons (Fsp3) is 0.360. The number of hydrogen-bond acceptors (Lipinski definition) is 3. The van der Waals surface area contributed by atoms with Crippen LogP contribution in [0.25, 0.3) is 17.2 Å². The van der Waals surface area contributed by atoms with E-state index in [0.29, 0.717) is 28.8 Å². The average molecular weight is 461 g/mol. The Kier molecular flexibility index (Phi) is 6.33. The summed E-state index contributed by atoms with van der Waals surface area (Å²) in [5, 5.41) is 8.90. The summed E-state index contributed by atoms with van der Waals surface area (Å²) >= 11 is 0. The molecule has 1 aliphatic rings. The van der Waals surface area contributed by atoms with E-state index in [9.17, 15) is 22.8 Å². The molecule has 0 radical (unpaired) electrons. The lowest BCUT2D eigenvalue weighted by Crippen LogP contribution is -2.45. The van der Waals surface area contributed by atoms with Crippen LogP contribution in [0.3, 0.4) is 0 Å². The standard InChI is InChI=1S/C25H26F3NO4/c1-14(2)29-20-12-17(15(3)10-19(20)24(4,5)13-22(29)30)18-11-16(7-9-23(31)32)6-8-21(18)33-25(26,27)28/h6-12,14H,13H2,1-5H3,(H,31,32). The molecule has 0 saturated heterocycles. The van der Waals surface area contributed by atoms with E-state index in [1.807, 2.05) is 33.8 Å². The normalized spacial score (nSPS) is 15.8. The first-order valence-electron chi connectivity index (χ1n) is 10.5. The lowest BCUT2D eigenvalue weighted by molar-refractivity contribution is -0.274. The van der Waals surface area contributed by atoms with Crippen LogP contribution < -0.4 is 9.64 Å². The fourth-order valence-electron chi connectivity index (χ4n) is 4.23. The second-order valence-corrected chi connectivity index (χ2v) is 9.08. The van der Waals surface area contributed by atoms with Gasteiger partial charge in [-0.15, -0.1) is 13.2 Å². The van der Waals surface area contributed by atoms with Crippen LogP contribution in [0.4, 0.5) is 18.9 Å². The molecule has 0 aromatic heterocycles. The molecule has 33 heavy (non-hydrogen) atoms. The molecule has 0 spiro atoms. The molecular formula is C25H26F3NO4. The molecule has 1 amide bonds. The van der Waals surface area contributed by atoms with Gasteiger partial charge in [-0.25, -0.2) is 4.79 Å². The number of amides is 1. The average Bonchev–Trinajstić information content (AvgIpc) is 2.65. The van der Waals surface area contributed by atoms with E-state index < -0.39 is 23.5 Å². The lowest BCUT2D eigenvalue weighted by atomic mass is 9.75. The maximum Gasteiger partial charge on any atom is 0.573 e. The zero-order valence-corrected chi connectivity index (χ0v) is 19.1. The second-order valence-electron chi connectivity index (χ2n) is 9.08. The topological polar surface area (TPSA) is 66.8 Å². The summed E-state index contributed by atoms with van der Waals surface area (Å²) in [5.41, 5.74) is 2.89. The molecule has 1 heterocycles. The van der Waals surface area contributed by atoms with Crippen LogP contribution in [0.15, 0.2) is 36.4 Å². The highest BCUT2D eigenvalue weighted by molar-refractivity contribution is 5.99. The number of rotatable bonds is 5. The van der Waals surface area contributed by atoms with Crippen molar-refractivity contribution in [3.05, 3.63) is 53.1 Å². The largest absolute Gasteiger partial charge is 0.573 e. The minimum atomic E-state index is -4.91. The maximum absolute atomic E-state index is 13.1. The smallest absolute Gasteiger partial charge is 0.478 e. The van der Waals surface area contributed by atoms with Crippen molar-refractivity contribution in [2.24, 2.45) is 0 Å². The molecule has 1 aliphatic heterocycles. The van der Waals surface area contributed by atoms with Crippen LogP contribution in [0, 0.1) is 6.92 Å². The summed E-state index contributed by atoms with van der Waals surface area (Å²) in [6.07, 6.45) is -2.37. The van der Waals surface area contributed by atoms with Gasteiger partial charge in [0.25, 0.3) is 0 Å². The van der Waals surface area contributed by atoms with Crippen molar-refractivity contribution in [3.63, 3.8) is 0 Å². The summed E-state index contributed by atoms with van der Waals surface area (Å²) in [6.45, 7) is 9.50. The summed E-state index contributed by atoms with van der Waals surface area (Å²) in [5.74, 6) is -1.64. The van der Waals surface area contributed by atoms with Gasteiger partial charge in [-0.2, -0.15) is 0 Å². The number of carboxylic acid groups (broad SMARTS) is 1. The van der Waals surface area contributed by atoms with Gasteiger partial charge in [0.15, 0.2) is 0 Å². The molecule has 8 heteroatoms. The van der Waals surface area contributed by atoms with Crippen molar-refractivity contribution in [2.45, 2.75) is 58.9 Å². The van der Waals surface area contributed by atoms with Gasteiger partial charge in [0.1, 0.15) is 5.75 Å². The van der Waals surface area contributed by atoms with E-state index in [4.69, 9.17) is 5.11 Å². The predicted molar refractivity (Wildman–Crippen MR) is 120 cm³/mol. The van der Waals surface area contributed by atoms with E-state index in [1.165, 1.54) is 24.3 Å². The van der Waals surface area contributed by atoms with Crippen molar-refractivity contribution in [2.75, 3.05) is 4.90 Å². The van der Waals surface area contributed by atoms with Crippen molar-refractivity contribution in [1.29, 1.82) is 0 Å². The first-order chi connectivity index (χ1) is 15.2. The van der Waals surface area contributed by atoms with Crippen LogP contribution in [0.2, 0.25) is 0 Å². The van der Waals surface area contributed by atoms with E-state index >= 15 is 0 Å². The van der Waals surface area contributed by atoms with Gasteiger partial charge in [-0.1, -0.05) is 26.0 Å². The Balaban J connectivity index is 2.28. The number of ether oxygens (including phenoxy) is 1.